The molecule has 0 radical (unpaired) electrons. The number of nitrogens with zero attached hydrogens (tertiary/aromatic N) is 2. The molecule has 0 aliphatic rings. The van der Waals surface area contributed by atoms with E-state index >= 15 is 0 Å². The fourth-order valence-corrected chi connectivity index (χ4v) is 1.83. The third-order valence-electron chi connectivity index (χ3n) is 2.75. The normalized spacial score (nSPS) is 11.3. The van der Waals surface area contributed by atoms with Gasteiger partial charge in [-0.1, -0.05) is 36.4 Å². The van der Waals surface area contributed by atoms with E-state index in [1.54, 1.807) is 24.3 Å². The predicted molar refractivity (Wildman–Crippen MR) is 88.9 cm³/mol. The quantitative estimate of drug-likeness (QED) is 0.337. The zero-order valence-electron chi connectivity index (χ0n) is 13.9. The van der Waals surface area contributed by atoms with Gasteiger partial charge in [-0.3, -0.25) is 4.84 Å². The number of hydrogen-bond acceptors (Lipinski definition) is 6. The summed E-state index contributed by atoms with van der Waals surface area (Å²) in [6, 6.07) is 16.1. The molecule has 6 heteroatoms. The summed E-state index contributed by atoms with van der Waals surface area (Å²) in [5.74, 6) is 1.09. The highest BCUT2D eigenvalue weighted by molar-refractivity contribution is 5.63. The molecule has 0 amide bonds. The monoisotopic (exact) mass is 328 g/mol. The molecule has 0 N–H and O–H groups in total. The topological polar surface area (TPSA) is 69.5 Å². The number of carbonyl (C=O) groups is 1. The Morgan fingerprint density at radius 3 is 2.38 bits per heavy atom. The molecule has 2 rings (SSSR count). The van der Waals surface area contributed by atoms with Crippen LogP contribution in [0.15, 0.2) is 65.0 Å². The second kappa shape index (κ2) is 8.10. The SMILES string of the molecule is CC(C)(C)Oc1ccccc1CN=NOC(=O)Oc1ccccc1. The maximum atomic E-state index is 11.5. The molecule has 0 atom stereocenters. The summed E-state index contributed by atoms with van der Waals surface area (Å²) in [5.41, 5.74) is 0.527. The van der Waals surface area contributed by atoms with Crippen LogP contribution in [0.3, 0.4) is 0 Å². The van der Waals surface area contributed by atoms with Crippen molar-refractivity contribution in [2.24, 2.45) is 10.4 Å². The molecular formula is C18H20N2O4. The Morgan fingerprint density at radius 1 is 1.00 bits per heavy atom. The van der Waals surface area contributed by atoms with Crippen LogP contribution in [0.4, 0.5) is 4.79 Å². The van der Waals surface area contributed by atoms with Crippen molar-refractivity contribution in [2.45, 2.75) is 32.9 Å². The van der Waals surface area contributed by atoms with Crippen molar-refractivity contribution in [2.75, 3.05) is 0 Å². The van der Waals surface area contributed by atoms with Crippen LogP contribution in [0.1, 0.15) is 26.3 Å². The predicted octanol–water partition coefficient (Wildman–Crippen LogP) is 4.95. The van der Waals surface area contributed by atoms with Gasteiger partial charge < -0.3 is 9.47 Å². The van der Waals surface area contributed by atoms with Gasteiger partial charge in [-0.25, -0.2) is 4.79 Å². The maximum absolute atomic E-state index is 11.5. The van der Waals surface area contributed by atoms with E-state index in [0.29, 0.717) is 5.75 Å². The molecule has 0 aromatic heterocycles. The van der Waals surface area contributed by atoms with Crippen LogP contribution >= 0.6 is 0 Å². The van der Waals surface area contributed by atoms with Crippen LogP contribution < -0.4 is 9.47 Å². The zero-order valence-corrected chi connectivity index (χ0v) is 13.9. The van der Waals surface area contributed by atoms with Crippen molar-refractivity contribution in [1.82, 2.24) is 0 Å². The second-order valence-corrected chi connectivity index (χ2v) is 5.96. The summed E-state index contributed by atoms with van der Waals surface area (Å²) in [7, 11) is 0. The van der Waals surface area contributed by atoms with Crippen LogP contribution in [0, 0.1) is 0 Å². The summed E-state index contributed by atoms with van der Waals surface area (Å²) in [5, 5.41) is 7.23. The van der Waals surface area contributed by atoms with E-state index < -0.39 is 6.16 Å². The van der Waals surface area contributed by atoms with E-state index in [1.165, 1.54) is 0 Å². The highest BCUT2D eigenvalue weighted by atomic mass is 16.8. The van der Waals surface area contributed by atoms with E-state index in [-0.39, 0.29) is 12.1 Å². The van der Waals surface area contributed by atoms with Crippen LogP contribution in [0.25, 0.3) is 0 Å². The lowest BCUT2D eigenvalue weighted by Gasteiger charge is -2.22. The van der Waals surface area contributed by atoms with Crippen molar-refractivity contribution < 1.29 is 19.1 Å². The van der Waals surface area contributed by atoms with Crippen molar-refractivity contribution in [3.63, 3.8) is 0 Å². The molecule has 24 heavy (non-hydrogen) atoms. The zero-order chi connectivity index (χ0) is 17.4. The largest absolute Gasteiger partial charge is 0.542 e. The molecule has 0 unspecified atom stereocenters. The molecule has 2 aromatic carbocycles. The third kappa shape index (κ3) is 6.08. The number of ether oxygens (including phenoxy) is 2. The maximum Gasteiger partial charge on any atom is 0.542 e. The minimum absolute atomic E-state index is 0.227. The molecule has 0 spiro atoms. The lowest BCUT2D eigenvalue weighted by molar-refractivity contribution is 0.0931. The van der Waals surface area contributed by atoms with Gasteiger partial charge in [0.05, 0.1) is 6.54 Å². The van der Waals surface area contributed by atoms with Crippen molar-refractivity contribution in [1.29, 1.82) is 0 Å². The first-order valence-corrected chi connectivity index (χ1v) is 7.52. The van der Waals surface area contributed by atoms with E-state index in [9.17, 15) is 4.79 Å². The number of hydrogen-bond donors (Lipinski definition) is 0. The molecule has 0 heterocycles. The van der Waals surface area contributed by atoms with Gasteiger partial charge in [-0.2, -0.15) is 0 Å². The third-order valence-corrected chi connectivity index (χ3v) is 2.75. The lowest BCUT2D eigenvalue weighted by atomic mass is 10.1. The Labute approximate surface area is 141 Å². The van der Waals surface area contributed by atoms with Gasteiger partial charge in [0.2, 0.25) is 0 Å². The van der Waals surface area contributed by atoms with E-state index in [4.69, 9.17) is 9.47 Å². The first-order chi connectivity index (χ1) is 11.4. The fraction of sp³-hybridized carbons (Fsp3) is 0.278. The van der Waals surface area contributed by atoms with Gasteiger partial charge in [0.25, 0.3) is 0 Å². The minimum atomic E-state index is -0.941. The Bertz CT molecular complexity index is 694. The Morgan fingerprint density at radius 2 is 1.67 bits per heavy atom. The molecule has 0 aliphatic heterocycles. The van der Waals surface area contributed by atoms with E-state index in [1.807, 2.05) is 51.1 Å². The molecule has 6 nitrogen and oxygen atoms in total. The van der Waals surface area contributed by atoms with Crippen LogP contribution in [-0.2, 0) is 11.4 Å². The van der Waals surface area contributed by atoms with Gasteiger partial charge in [0, 0.05) is 10.8 Å². The van der Waals surface area contributed by atoms with Gasteiger partial charge in [0.15, 0.2) is 0 Å². The average molecular weight is 328 g/mol. The molecule has 0 fully saturated rings. The Kier molecular flexibility index (Phi) is 5.89. The highest BCUT2D eigenvalue weighted by Gasteiger charge is 2.14. The Hall–Kier alpha value is -2.89. The van der Waals surface area contributed by atoms with Crippen LogP contribution in [0.2, 0.25) is 0 Å². The molecular weight excluding hydrogens is 308 g/mol. The van der Waals surface area contributed by atoms with E-state index in [0.717, 1.165) is 11.3 Å². The number of carbonyl (C=O) groups excluding carboxylic acids is 1. The first kappa shape index (κ1) is 17.5. The average Bonchev–Trinajstić information content (AvgIpc) is 2.52. The highest BCUT2D eigenvalue weighted by Crippen LogP contribution is 2.23. The van der Waals surface area contributed by atoms with Crippen LogP contribution in [-0.4, -0.2) is 11.8 Å². The molecule has 0 saturated heterocycles. The minimum Gasteiger partial charge on any atom is -0.488 e. The summed E-state index contributed by atoms with van der Waals surface area (Å²) < 4.78 is 10.8. The van der Waals surface area contributed by atoms with Gasteiger partial charge >= 0.3 is 6.16 Å². The molecule has 2 aromatic rings. The number of rotatable bonds is 5. The van der Waals surface area contributed by atoms with Gasteiger partial charge in [-0.15, -0.1) is 5.11 Å². The van der Waals surface area contributed by atoms with Crippen molar-refractivity contribution in [3.8, 4) is 11.5 Å². The summed E-state index contributed by atoms with van der Waals surface area (Å²) in [6.07, 6.45) is -0.941. The fourth-order valence-electron chi connectivity index (χ4n) is 1.83. The summed E-state index contributed by atoms with van der Waals surface area (Å²) in [4.78, 5) is 16.0. The lowest BCUT2D eigenvalue weighted by Crippen LogP contribution is -2.23. The Balaban J connectivity index is 1.87. The number of para-hydroxylation sites is 2. The number of benzene rings is 2. The second-order valence-electron chi connectivity index (χ2n) is 5.96. The summed E-state index contributed by atoms with van der Waals surface area (Å²) >= 11 is 0. The van der Waals surface area contributed by atoms with Crippen molar-refractivity contribution >= 4 is 6.16 Å². The molecule has 0 aliphatic carbocycles. The van der Waals surface area contributed by atoms with Crippen molar-refractivity contribution in [3.05, 3.63) is 60.2 Å². The first-order valence-electron chi connectivity index (χ1n) is 7.52. The van der Waals surface area contributed by atoms with Gasteiger partial charge in [-0.05, 0) is 39.0 Å². The molecule has 126 valence electrons. The van der Waals surface area contributed by atoms with Gasteiger partial charge in [0.1, 0.15) is 17.1 Å². The van der Waals surface area contributed by atoms with E-state index in [2.05, 4.69) is 15.2 Å². The molecule has 0 bridgehead atoms. The summed E-state index contributed by atoms with van der Waals surface area (Å²) in [6.45, 7) is 6.13. The van der Waals surface area contributed by atoms with Crippen LogP contribution in [0.5, 0.6) is 11.5 Å². The smallest absolute Gasteiger partial charge is 0.488 e. The standard InChI is InChI=1S/C18H20N2O4/c1-18(2,3)23-16-12-8-7-9-14(16)13-19-20-24-17(21)22-15-10-5-4-6-11-15/h4-12H,13H2,1-3H3. The molecule has 0 saturated carbocycles.